The van der Waals surface area contributed by atoms with Crippen molar-refractivity contribution in [2.24, 2.45) is 0 Å². The summed E-state index contributed by atoms with van der Waals surface area (Å²) in [6, 6.07) is 11.0. The molecule has 1 aromatic rings. The van der Waals surface area contributed by atoms with Crippen LogP contribution in [0.2, 0.25) is 0 Å². The van der Waals surface area contributed by atoms with E-state index in [0.717, 1.165) is 5.92 Å². The van der Waals surface area contributed by atoms with Crippen molar-refractivity contribution < 1.29 is 0 Å². The number of unbranched alkanes of at least 4 members (excludes halogenated alkanes) is 2. The molecule has 0 aliphatic heterocycles. The summed E-state index contributed by atoms with van der Waals surface area (Å²) in [5, 5.41) is 0. The molecule has 86 valence electrons. The van der Waals surface area contributed by atoms with Crippen molar-refractivity contribution in [3.8, 4) is 0 Å². The maximum Gasteiger partial charge on any atom is -0.0122 e. The summed E-state index contributed by atoms with van der Waals surface area (Å²) in [6.07, 6.45) is 10.4. The van der Waals surface area contributed by atoms with Crippen molar-refractivity contribution in [2.75, 3.05) is 0 Å². The first-order valence-electron chi connectivity index (χ1n) is 6.63. The Morgan fingerprint density at radius 3 is 2.81 bits per heavy atom. The van der Waals surface area contributed by atoms with Gasteiger partial charge >= 0.3 is 0 Å². The van der Waals surface area contributed by atoms with Crippen LogP contribution in [0.25, 0.3) is 0 Å². The highest BCUT2D eigenvalue weighted by molar-refractivity contribution is 5.25. The standard InChI is InChI=1S/C16H22/c1-2-3-5-8-14-11-12-16(13-14)15-9-6-4-7-10-15/h4,6-10,16H,2-3,5,11-13H2,1H3/b14-8+. The summed E-state index contributed by atoms with van der Waals surface area (Å²) in [6.45, 7) is 2.26. The molecule has 1 unspecified atom stereocenters. The smallest absolute Gasteiger partial charge is 0.0122 e. The van der Waals surface area contributed by atoms with Gasteiger partial charge in [-0.1, -0.05) is 61.7 Å². The van der Waals surface area contributed by atoms with Crippen molar-refractivity contribution in [1.29, 1.82) is 0 Å². The molecule has 0 aromatic heterocycles. The summed E-state index contributed by atoms with van der Waals surface area (Å²) in [5.41, 5.74) is 3.23. The van der Waals surface area contributed by atoms with Gasteiger partial charge in [0.1, 0.15) is 0 Å². The summed E-state index contributed by atoms with van der Waals surface area (Å²) in [7, 11) is 0. The number of hydrogen-bond acceptors (Lipinski definition) is 0. The molecule has 0 nitrogen and oxygen atoms in total. The van der Waals surface area contributed by atoms with Crippen LogP contribution in [0.4, 0.5) is 0 Å². The molecule has 0 N–H and O–H groups in total. The highest BCUT2D eigenvalue weighted by Gasteiger charge is 2.20. The number of benzene rings is 1. The van der Waals surface area contributed by atoms with Crippen LogP contribution >= 0.6 is 0 Å². The maximum absolute atomic E-state index is 2.49. The first kappa shape index (κ1) is 11.4. The van der Waals surface area contributed by atoms with Crippen molar-refractivity contribution in [1.82, 2.24) is 0 Å². The molecule has 1 aromatic carbocycles. The molecule has 0 spiro atoms. The van der Waals surface area contributed by atoms with Gasteiger partial charge in [0.05, 0.1) is 0 Å². The lowest BCUT2D eigenvalue weighted by Crippen LogP contribution is -1.90. The van der Waals surface area contributed by atoms with E-state index in [-0.39, 0.29) is 0 Å². The highest BCUT2D eigenvalue weighted by Crippen LogP contribution is 2.37. The van der Waals surface area contributed by atoms with E-state index in [1.807, 2.05) is 0 Å². The number of rotatable bonds is 4. The van der Waals surface area contributed by atoms with Crippen molar-refractivity contribution in [3.63, 3.8) is 0 Å². The van der Waals surface area contributed by atoms with E-state index >= 15 is 0 Å². The molecule has 0 saturated heterocycles. The van der Waals surface area contributed by atoms with Gasteiger partial charge in [0.15, 0.2) is 0 Å². The SMILES string of the molecule is CCCC/C=C1\CCC(c2ccccc2)C1. The molecule has 1 aliphatic rings. The van der Waals surface area contributed by atoms with Gasteiger partial charge in [0.2, 0.25) is 0 Å². The van der Waals surface area contributed by atoms with E-state index in [1.54, 1.807) is 5.57 Å². The van der Waals surface area contributed by atoms with Gasteiger partial charge in [0, 0.05) is 0 Å². The fraction of sp³-hybridized carbons (Fsp3) is 0.500. The van der Waals surface area contributed by atoms with E-state index < -0.39 is 0 Å². The molecule has 1 atom stereocenters. The van der Waals surface area contributed by atoms with E-state index in [9.17, 15) is 0 Å². The van der Waals surface area contributed by atoms with Crippen LogP contribution < -0.4 is 0 Å². The minimum atomic E-state index is 0.786. The van der Waals surface area contributed by atoms with E-state index in [4.69, 9.17) is 0 Å². The van der Waals surface area contributed by atoms with Crippen molar-refractivity contribution >= 4 is 0 Å². The molecule has 1 saturated carbocycles. The fourth-order valence-corrected chi connectivity index (χ4v) is 2.59. The molecule has 2 rings (SSSR count). The zero-order chi connectivity index (χ0) is 11.2. The largest absolute Gasteiger partial charge is 0.0853 e. The third-order valence-corrected chi connectivity index (χ3v) is 3.58. The molecular formula is C16H22. The monoisotopic (exact) mass is 214 g/mol. The van der Waals surface area contributed by atoms with Crippen molar-refractivity contribution in [2.45, 2.75) is 51.4 Å². The van der Waals surface area contributed by atoms with Crippen LogP contribution in [0.15, 0.2) is 42.0 Å². The van der Waals surface area contributed by atoms with Crippen LogP contribution in [0.1, 0.15) is 56.9 Å². The number of hydrogen-bond donors (Lipinski definition) is 0. The Bertz CT molecular complexity index is 334. The molecule has 16 heavy (non-hydrogen) atoms. The normalized spacial score (nSPS) is 22.8. The van der Waals surface area contributed by atoms with Crippen LogP contribution in [0.5, 0.6) is 0 Å². The average Bonchev–Trinajstić information content (AvgIpc) is 2.79. The van der Waals surface area contributed by atoms with E-state index in [0.29, 0.717) is 0 Å². The molecule has 0 bridgehead atoms. The molecule has 1 fully saturated rings. The highest BCUT2D eigenvalue weighted by atomic mass is 14.2. The summed E-state index contributed by atoms with van der Waals surface area (Å²) in [4.78, 5) is 0. The Balaban J connectivity index is 1.91. The second kappa shape index (κ2) is 5.89. The average molecular weight is 214 g/mol. The van der Waals surface area contributed by atoms with E-state index in [1.165, 1.54) is 44.1 Å². The quantitative estimate of drug-likeness (QED) is 0.485. The molecular weight excluding hydrogens is 192 g/mol. The summed E-state index contributed by atoms with van der Waals surface area (Å²) >= 11 is 0. The van der Waals surface area contributed by atoms with Crippen LogP contribution in [-0.4, -0.2) is 0 Å². The minimum Gasteiger partial charge on any atom is -0.0853 e. The lowest BCUT2D eigenvalue weighted by atomic mass is 9.97. The zero-order valence-electron chi connectivity index (χ0n) is 10.3. The molecule has 1 aliphatic carbocycles. The van der Waals surface area contributed by atoms with Gasteiger partial charge in [-0.15, -0.1) is 0 Å². The van der Waals surface area contributed by atoms with Crippen LogP contribution in [0.3, 0.4) is 0 Å². The maximum atomic E-state index is 2.49. The lowest BCUT2D eigenvalue weighted by Gasteiger charge is -2.07. The van der Waals surface area contributed by atoms with Gasteiger partial charge in [-0.05, 0) is 37.2 Å². The Hall–Kier alpha value is -1.04. The van der Waals surface area contributed by atoms with Gasteiger partial charge in [-0.3, -0.25) is 0 Å². The third-order valence-electron chi connectivity index (χ3n) is 3.58. The number of allylic oxidation sites excluding steroid dienone is 2. The molecule has 0 amide bonds. The Morgan fingerprint density at radius 1 is 1.25 bits per heavy atom. The van der Waals surface area contributed by atoms with Crippen LogP contribution in [0, 0.1) is 0 Å². The van der Waals surface area contributed by atoms with Gasteiger partial charge < -0.3 is 0 Å². The topological polar surface area (TPSA) is 0 Å². The second-order valence-electron chi connectivity index (χ2n) is 4.86. The summed E-state index contributed by atoms with van der Waals surface area (Å²) in [5.74, 6) is 0.786. The predicted molar refractivity (Wildman–Crippen MR) is 70.6 cm³/mol. The minimum absolute atomic E-state index is 0.786. The first-order chi connectivity index (χ1) is 7.90. The van der Waals surface area contributed by atoms with Gasteiger partial charge in [0.25, 0.3) is 0 Å². The Morgan fingerprint density at radius 2 is 2.06 bits per heavy atom. The Labute approximate surface area is 99.4 Å². The third kappa shape index (κ3) is 2.98. The van der Waals surface area contributed by atoms with Crippen molar-refractivity contribution in [3.05, 3.63) is 47.5 Å². The van der Waals surface area contributed by atoms with Crippen LogP contribution in [-0.2, 0) is 0 Å². The molecule has 0 radical (unpaired) electrons. The first-order valence-corrected chi connectivity index (χ1v) is 6.63. The predicted octanol–water partition coefficient (Wildman–Crippen LogP) is 5.07. The summed E-state index contributed by atoms with van der Waals surface area (Å²) < 4.78 is 0. The van der Waals surface area contributed by atoms with Gasteiger partial charge in [-0.25, -0.2) is 0 Å². The van der Waals surface area contributed by atoms with E-state index in [2.05, 4.69) is 43.3 Å². The lowest BCUT2D eigenvalue weighted by molar-refractivity contribution is 0.730. The van der Waals surface area contributed by atoms with Gasteiger partial charge in [-0.2, -0.15) is 0 Å². The fourth-order valence-electron chi connectivity index (χ4n) is 2.59. The molecule has 0 heteroatoms. The zero-order valence-corrected chi connectivity index (χ0v) is 10.3. The Kier molecular flexibility index (Phi) is 4.21. The molecule has 0 heterocycles. The second-order valence-corrected chi connectivity index (χ2v) is 4.86.